The van der Waals surface area contributed by atoms with Gasteiger partial charge in [0.25, 0.3) is 5.91 Å². The minimum Gasteiger partial charge on any atom is -0.388 e. The molecule has 0 spiro atoms. The standard InChI is InChI=1S/C16H27N3O2S/c1-5-12-13(22-19-18-12)14(20)17-10-16(21)8-6-11(7-9-16)15(2,3)4/h11,21H,5-10H2,1-4H3,(H,17,20). The molecule has 5 nitrogen and oxygen atoms in total. The number of amides is 1. The molecule has 6 heteroatoms. The topological polar surface area (TPSA) is 75.1 Å². The molecule has 1 aliphatic carbocycles. The first-order valence-corrected chi connectivity index (χ1v) is 8.84. The zero-order valence-electron chi connectivity index (χ0n) is 14.0. The number of aliphatic hydroxyl groups is 1. The molecule has 124 valence electrons. The van der Waals surface area contributed by atoms with Gasteiger partial charge in [0.15, 0.2) is 0 Å². The van der Waals surface area contributed by atoms with Crippen LogP contribution in [0.15, 0.2) is 0 Å². The van der Waals surface area contributed by atoms with Crippen LogP contribution in [0, 0.1) is 11.3 Å². The summed E-state index contributed by atoms with van der Waals surface area (Å²) in [7, 11) is 0. The number of nitrogens with one attached hydrogen (secondary N) is 1. The third-order valence-electron chi connectivity index (χ3n) is 4.82. The fraction of sp³-hybridized carbons (Fsp3) is 0.812. The Morgan fingerprint density at radius 3 is 2.59 bits per heavy atom. The molecule has 1 aromatic heterocycles. The molecule has 1 fully saturated rings. The summed E-state index contributed by atoms with van der Waals surface area (Å²) in [5.41, 5.74) is 0.238. The zero-order valence-corrected chi connectivity index (χ0v) is 14.8. The summed E-state index contributed by atoms with van der Waals surface area (Å²) >= 11 is 1.12. The van der Waals surface area contributed by atoms with Gasteiger partial charge in [0.1, 0.15) is 4.88 Å². The van der Waals surface area contributed by atoms with Gasteiger partial charge in [-0.2, -0.15) is 0 Å². The van der Waals surface area contributed by atoms with Gasteiger partial charge in [0.2, 0.25) is 0 Å². The second kappa shape index (κ2) is 6.62. The molecule has 1 aromatic rings. The van der Waals surface area contributed by atoms with Crippen molar-refractivity contribution in [2.45, 2.75) is 65.4 Å². The van der Waals surface area contributed by atoms with E-state index in [2.05, 4.69) is 35.7 Å². The third kappa shape index (κ3) is 4.04. The lowest BCUT2D eigenvalue weighted by Gasteiger charge is -2.41. The van der Waals surface area contributed by atoms with E-state index in [0.717, 1.165) is 42.9 Å². The molecule has 0 radical (unpaired) electrons. The summed E-state index contributed by atoms with van der Waals surface area (Å²) in [6.45, 7) is 9.03. The molecular weight excluding hydrogens is 298 g/mol. The van der Waals surface area contributed by atoms with Crippen molar-refractivity contribution in [3.63, 3.8) is 0 Å². The van der Waals surface area contributed by atoms with E-state index in [1.165, 1.54) is 0 Å². The SMILES string of the molecule is CCc1nnsc1C(=O)NCC1(O)CCC(C(C)(C)C)CC1. The van der Waals surface area contributed by atoms with E-state index in [9.17, 15) is 9.90 Å². The molecule has 0 saturated heterocycles. The zero-order chi connectivity index (χ0) is 16.4. The summed E-state index contributed by atoms with van der Waals surface area (Å²) < 4.78 is 3.83. The summed E-state index contributed by atoms with van der Waals surface area (Å²) in [6, 6.07) is 0. The Morgan fingerprint density at radius 2 is 2.05 bits per heavy atom. The van der Waals surface area contributed by atoms with Crippen LogP contribution in [-0.2, 0) is 6.42 Å². The van der Waals surface area contributed by atoms with Crippen molar-refractivity contribution < 1.29 is 9.90 Å². The van der Waals surface area contributed by atoms with Crippen molar-refractivity contribution in [2.24, 2.45) is 11.3 Å². The molecule has 2 rings (SSSR count). The van der Waals surface area contributed by atoms with E-state index in [1.54, 1.807) is 0 Å². The van der Waals surface area contributed by atoms with Crippen LogP contribution in [0.3, 0.4) is 0 Å². The second-order valence-corrected chi connectivity index (χ2v) is 8.20. The largest absolute Gasteiger partial charge is 0.388 e. The lowest BCUT2D eigenvalue weighted by Crippen LogP contribution is -2.46. The van der Waals surface area contributed by atoms with E-state index in [0.29, 0.717) is 23.8 Å². The summed E-state index contributed by atoms with van der Waals surface area (Å²) in [5, 5.41) is 17.5. The van der Waals surface area contributed by atoms with Crippen LogP contribution < -0.4 is 5.32 Å². The first kappa shape index (κ1) is 17.3. The Kier molecular flexibility index (Phi) is 5.22. The molecule has 0 unspecified atom stereocenters. The van der Waals surface area contributed by atoms with Crippen LogP contribution >= 0.6 is 11.5 Å². The monoisotopic (exact) mass is 325 g/mol. The number of aromatic nitrogens is 2. The normalized spacial score (nSPS) is 26.0. The molecule has 22 heavy (non-hydrogen) atoms. The molecular formula is C16H27N3O2S. The summed E-state index contributed by atoms with van der Waals surface area (Å²) in [5.74, 6) is 0.471. The summed E-state index contributed by atoms with van der Waals surface area (Å²) in [6.07, 6.45) is 4.21. The maximum absolute atomic E-state index is 12.2. The Morgan fingerprint density at radius 1 is 1.41 bits per heavy atom. The van der Waals surface area contributed by atoms with Crippen LogP contribution in [0.5, 0.6) is 0 Å². The van der Waals surface area contributed by atoms with Crippen molar-refractivity contribution in [3.8, 4) is 0 Å². The highest BCUT2D eigenvalue weighted by Crippen LogP contribution is 2.41. The highest BCUT2D eigenvalue weighted by molar-refractivity contribution is 7.08. The molecule has 1 aliphatic rings. The number of nitrogens with zero attached hydrogens (tertiary/aromatic N) is 2. The van der Waals surface area contributed by atoms with Crippen molar-refractivity contribution >= 4 is 17.4 Å². The van der Waals surface area contributed by atoms with E-state index >= 15 is 0 Å². The van der Waals surface area contributed by atoms with Gasteiger partial charge in [-0.1, -0.05) is 32.2 Å². The van der Waals surface area contributed by atoms with Crippen molar-refractivity contribution in [2.75, 3.05) is 6.54 Å². The second-order valence-electron chi connectivity index (χ2n) is 7.45. The molecule has 0 bridgehead atoms. The fourth-order valence-corrected chi connectivity index (χ4v) is 3.80. The van der Waals surface area contributed by atoms with Crippen LogP contribution in [0.4, 0.5) is 0 Å². The average molecular weight is 325 g/mol. The van der Waals surface area contributed by atoms with Gasteiger partial charge in [-0.25, -0.2) is 0 Å². The lowest BCUT2D eigenvalue weighted by atomic mass is 9.68. The van der Waals surface area contributed by atoms with Gasteiger partial charge in [0, 0.05) is 6.54 Å². The lowest BCUT2D eigenvalue weighted by molar-refractivity contribution is -0.0228. The Bertz CT molecular complexity index is 514. The van der Waals surface area contributed by atoms with Gasteiger partial charge < -0.3 is 10.4 Å². The van der Waals surface area contributed by atoms with Gasteiger partial charge in [0.05, 0.1) is 11.3 Å². The highest BCUT2D eigenvalue weighted by Gasteiger charge is 2.37. The number of hydrogen-bond acceptors (Lipinski definition) is 5. The number of rotatable bonds is 4. The number of hydrogen-bond donors (Lipinski definition) is 2. The first-order chi connectivity index (χ1) is 10.2. The van der Waals surface area contributed by atoms with Crippen molar-refractivity contribution in [1.29, 1.82) is 0 Å². The number of aryl methyl sites for hydroxylation is 1. The van der Waals surface area contributed by atoms with Crippen LogP contribution in [-0.4, -0.2) is 32.7 Å². The molecule has 2 N–H and O–H groups in total. The maximum atomic E-state index is 12.2. The Balaban J connectivity index is 1.88. The van der Waals surface area contributed by atoms with Gasteiger partial charge in [-0.15, -0.1) is 5.10 Å². The van der Waals surface area contributed by atoms with Gasteiger partial charge in [-0.3, -0.25) is 4.79 Å². The average Bonchev–Trinajstić information content (AvgIpc) is 2.93. The molecule has 1 saturated carbocycles. The van der Waals surface area contributed by atoms with Crippen molar-refractivity contribution in [3.05, 3.63) is 10.6 Å². The van der Waals surface area contributed by atoms with Crippen LogP contribution in [0.25, 0.3) is 0 Å². The predicted octanol–water partition coefficient (Wildman–Crippen LogP) is 2.80. The molecule has 0 atom stereocenters. The quantitative estimate of drug-likeness (QED) is 0.892. The van der Waals surface area contributed by atoms with E-state index in [4.69, 9.17) is 0 Å². The van der Waals surface area contributed by atoms with Gasteiger partial charge in [-0.05, 0) is 55.0 Å². The molecule has 1 amide bonds. The van der Waals surface area contributed by atoms with Gasteiger partial charge >= 0.3 is 0 Å². The highest BCUT2D eigenvalue weighted by atomic mass is 32.1. The third-order valence-corrected chi connectivity index (χ3v) is 5.58. The van der Waals surface area contributed by atoms with E-state index in [1.807, 2.05) is 6.92 Å². The maximum Gasteiger partial charge on any atom is 0.265 e. The summed E-state index contributed by atoms with van der Waals surface area (Å²) in [4.78, 5) is 12.8. The number of carbonyl (C=O) groups excluding carboxylic acids is 1. The Hall–Kier alpha value is -1.01. The van der Waals surface area contributed by atoms with Crippen LogP contribution in [0.2, 0.25) is 0 Å². The predicted molar refractivity (Wildman–Crippen MR) is 88.0 cm³/mol. The first-order valence-electron chi connectivity index (χ1n) is 8.07. The smallest absolute Gasteiger partial charge is 0.265 e. The van der Waals surface area contributed by atoms with Crippen molar-refractivity contribution in [1.82, 2.24) is 14.9 Å². The minimum absolute atomic E-state index is 0.168. The Labute approximate surface area is 136 Å². The molecule has 0 aliphatic heterocycles. The van der Waals surface area contributed by atoms with Crippen LogP contribution in [0.1, 0.15) is 68.7 Å². The number of carbonyl (C=O) groups is 1. The fourth-order valence-electron chi connectivity index (χ4n) is 3.14. The molecule has 0 aromatic carbocycles. The minimum atomic E-state index is -0.776. The molecule has 1 heterocycles. The van der Waals surface area contributed by atoms with E-state index < -0.39 is 5.60 Å². The van der Waals surface area contributed by atoms with E-state index in [-0.39, 0.29) is 11.3 Å².